The van der Waals surface area contributed by atoms with Crippen LogP contribution in [0.2, 0.25) is 0 Å². The first kappa shape index (κ1) is 12.3. The first-order valence-electron chi connectivity index (χ1n) is 4.88. The maximum atomic E-state index is 11.5. The number of nitrogens with zero attached hydrogens (tertiary/aromatic N) is 1. The molecule has 0 bridgehead atoms. The van der Waals surface area contributed by atoms with Crippen molar-refractivity contribution in [3.05, 3.63) is 34.1 Å². The largest absolute Gasteiger partial charge is 0.468 e. The summed E-state index contributed by atoms with van der Waals surface area (Å²) < 4.78 is 6.01. The van der Waals surface area contributed by atoms with Gasteiger partial charge in [-0.15, -0.1) is 0 Å². The molecule has 2 aromatic rings. The average molecular weight is 316 g/mol. The number of hydrogen-bond donors (Lipinski definition) is 2. The van der Waals surface area contributed by atoms with Crippen LogP contribution in [0.25, 0.3) is 0 Å². The molecule has 0 saturated carbocycles. The van der Waals surface area contributed by atoms with Gasteiger partial charge in [0.15, 0.2) is 5.13 Å². The first-order chi connectivity index (χ1) is 8.24. The fourth-order valence-electron chi connectivity index (χ4n) is 1.19. The van der Waals surface area contributed by atoms with E-state index in [2.05, 4.69) is 31.5 Å². The molecule has 0 saturated heterocycles. The predicted octanol–water partition coefficient (Wildman–Crippen LogP) is 2.23. The van der Waals surface area contributed by atoms with Crippen LogP contribution in [0.1, 0.15) is 5.76 Å². The molecule has 2 aromatic heterocycles. The number of thiazole rings is 1. The van der Waals surface area contributed by atoms with Crippen molar-refractivity contribution in [2.24, 2.45) is 0 Å². The summed E-state index contributed by atoms with van der Waals surface area (Å²) in [4.78, 5) is 15.5. The lowest BCUT2D eigenvalue weighted by Crippen LogP contribution is -2.27. The molecule has 0 aromatic carbocycles. The Bertz CT molecular complexity index is 483. The molecule has 0 aliphatic heterocycles. The number of rotatable bonds is 5. The predicted molar refractivity (Wildman–Crippen MR) is 68.9 cm³/mol. The summed E-state index contributed by atoms with van der Waals surface area (Å²) in [6.45, 7) is 0.750. The van der Waals surface area contributed by atoms with E-state index in [0.717, 1.165) is 9.55 Å². The zero-order chi connectivity index (χ0) is 12.1. The van der Waals surface area contributed by atoms with E-state index in [1.807, 2.05) is 12.1 Å². The van der Waals surface area contributed by atoms with E-state index in [1.165, 1.54) is 11.3 Å². The Morgan fingerprint density at radius 1 is 1.59 bits per heavy atom. The summed E-state index contributed by atoms with van der Waals surface area (Å²) in [7, 11) is 0. The van der Waals surface area contributed by atoms with Gasteiger partial charge in [0.2, 0.25) is 5.91 Å². The number of aromatic nitrogens is 1. The lowest BCUT2D eigenvalue weighted by atomic mass is 10.4. The molecule has 1 amide bonds. The molecule has 7 heteroatoms. The highest BCUT2D eigenvalue weighted by Gasteiger charge is 2.05. The Labute approximate surface area is 110 Å². The van der Waals surface area contributed by atoms with Gasteiger partial charge in [0.1, 0.15) is 5.76 Å². The number of anilines is 1. The van der Waals surface area contributed by atoms with Crippen molar-refractivity contribution >= 4 is 38.3 Å². The molecule has 90 valence electrons. The summed E-state index contributed by atoms with van der Waals surface area (Å²) in [5, 5.41) is 6.25. The molecule has 5 nitrogen and oxygen atoms in total. The van der Waals surface area contributed by atoms with Gasteiger partial charge >= 0.3 is 0 Å². The van der Waals surface area contributed by atoms with Gasteiger partial charge in [-0.25, -0.2) is 4.98 Å². The third-order valence-corrected chi connectivity index (χ3v) is 3.28. The Morgan fingerprint density at radius 3 is 3.12 bits per heavy atom. The molecule has 0 unspecified atom stereocenters. The van der Waals surface area contributed by atoms with E-state index < -0.39 is 0 Å². The van der Waals surface area contributed by atoms with Crippen LogP contribution in [-0.2, 0) is 11.3 Å². The van der Waals surface area contributed by atoms with Gasteiger partial charge in [-0.1, -0.05) is 11.3 Å². The van der Waals surface area contributed by atoms with E-state index in [9.17, 15) is 4.79 Å². The normalized spacial score (nSPS) is 10.4. The van der Waals surface area contributed by atoms with Crippen LogP contribution in [0.4, 0.5) is 5.13 Å². The summed E-state index contributed by atoms with van der Waals surface area (Å²) in [5.41, 5.74) is 0. The summed E-state index contributed by atoms with van der Waals surface area (Å²) in [6.07, 6.45) is 3.25. The first-order valence-corrected chi connectivity index (χ1v) is 6.49. The highest BCUT2D eigenvalue weighted by atomic mass is 79.9. The van der Waals surface area contributed by atoms with Crippen molar-refractivity contribution in [2.75, 3.05) is 11.9 Å². The maximum absolute atomic E-state index is 11.5. The molecule has 2 rings (SSSR count). The summed E-state index contributed by atoms with van der Waals surface area (Å²) in [6, 6.07) is 3.66. The standard InChI is InChI=1S/C10H10BrN3O2S/c11-8-5-13-10(17-8)14-9(15)6-12-4-7-2-1-3-16-7/h1-3,5,12H,4,6H2,(H,13,14,15). The lowest BCUT2D eigenvalue weighted by Gasteiger charge is -2.02. The third kappa shape index (κ3) is 3.95. The van der Waals surface area contributed by atoms with Crippen LogP contribution in [-0.4, -0.2) is 17.4 Å². The number of hydrogen-bond acceptors (Lipinski definition) is 5. The van der Waals surface area contributed by atoms with E-state index in [1.54, 1.807) is 12.5 Å². The fourth-order valence-corrected chi connectivity index (χ4v) is 2.31. The molecule has 2 heterocycles. The van der Waals surface area contributed by atoms with E-state index in [-0.39, 0.29) is 12.5 Å². The number of carbonyl (C=O) groups is 1. The van der Waals surface area contributed by atoms with E-state index >= 15 is 0 Å². The van der Waals surface area contributed by atoms with Crippen molar-refractivity contribution in [1.82, 2.24) is 10.3 Å². The average Bonchev–Trinajstić information content (AvgIpc) is 2.90. The van der Waals surface area contributed by atoms with Crippen molar-refractivity contribution in [2.45, 2.75) is 6.54 Å². The minimum atomic E-state index is -0.126. The van der Waals surface area contributed by atoms with Crippen LogP contribution >= 0.6 is 27.3 Å². The van der Waals surface area contributed by atoms with Crippen molar-refractivity contribution in [1.29, 1.82) is 0 Å². The Balaban J connectivity index is 1.71. The Kier molecular flexibility index (Phi) is 4.29. The van der Waals surface area contributed by atoms with E-state index in [4.69, 9.17) is 4.42 Å². The highest BCUT2D eigenvalue weighted by Crippen LogP contribution is 2.22. The molecule has 0 aliphatic carbocycles. The zero-order valence-corrected chi connectivity index (χ0v) is 11.2. The topological polar surface area (TPSA) is 67.2 Å². The van der Waals surface area contributed by atoms with Gasteiger partial charge < -0.3 is 15.1 Å². The molecule has 0 radical (unpaired) electrons. The van der Waals surface area contributed by atoms with Gasteiger partial charge in [0.05, 0.1) is 29.3 Å². The minimum absolute atomic E-state index is 0.126. The van der Waals surface area contributed by atoms with Crippen molar-refractivity contribution in [3.8, 4) is 0 Å². The number of furan rings is 1. The van der Waals surface area contributed by atoms with Gasteiger partial charge in [-0.05, 0) is 28.1 Å². The SMILES string of the molecule is O=C(CNCc1ccco1)Nc1ncc(Br)s1. The third-order valence-electron chi connectivity index (χ3n) is 1.89. The molecule has 0 aliphatic rings. The van der Waals surface area contributed by atoms with Crippen LogP contribution in [0.5, 0.6) is 0 Å². The fraction of sp³-hybridized carbons (Fsp3) is 0.200. The molecule has 0 spiro atoms. The number of nitrogens with one attached hydrogen (secondary N) is 2. The molecule has 2 N–H and O–H groups in total. The molecular formula is C10H10BrN3O2S. The van der Waals surface area contributed by atoms with Gasteiger partial charge in [0.25, 0.3) is 0 Å². The van der Waals surface area contributed by atoms with Crippen molar-refractivity contribution < 1.29 is 9.21 Å². The highest BCUT2D eigenvalue weighted by molar-refractivity contribution is 9.11. The van der Waals surface area contributed by atoms with Gasteiger partial charge in [0, 0.05) is 0 Å². The molecule has 0 fully saturated rings. The number of amides is 1. The quantitative estimate of drug-likeness (QED) is 0.888. The van der Waals surface area contributed by atoms with Crippen LogP contribution in [0.15, 0.2) is 32.8 Å². The van der Waals surface area contributed by atoms with Gasteiger partial charge in [-0.3, -0.25) is 4.79 Å². The molecular weight excluding hydrogens is 306 g/mol. The number of carbonyl (C=O) groups excluding carboxylic acids is 1. The smallest absolute Gasteiger partial charge is 0.240 e. The second kappa shape index (κ2) is 5.95. The second-order valence-electron chi connectivity index (χ2n) is 3.20. The minimum Gasteiger partial charge on any atom is -0.468 e. The Morgan fingerprint density at radius 2 is 2.47 bits per heavy atom. The lowest BCUT2D eigenvalue weighted by molar-refractivity contribution is -0.115. The molecule has 17 heavy (non-hydrogen) atoms. The monoisotopic (exact) mass is 315 g/mol. The van der Waals surface area contributed by atoms with Crippen LogP contribution in [0.3, 0.4) is 0 Å². The molecule has 0 atom stereocenters. The van der Waals surface area contributed by atoms with Crippen molar-refractivity contribution in [3.63, 3.8) is 0 Å². The Hall–Kier alpha value is -1.18. The van der Waals surface area contributed by atoms with Crippen LogP contribution in [0, 0.1) is 0 Å². The zero-order valence-electron chi connectivity index (χ0n) is 8.77. The number of halogens is 1. The maximum Gasteiger partial charge on any atom is 0.240 e. The summed E-state index contributed by atoms with van der Waals surface area (Å²) in [5.74, 6) is 0.674. The van der Waals surface area contributed by atoms with Gasteiger partial charge in [-0.2, -0.15) is 0 Å². The van der Waals surface area contributed by atoms with Crippen LogP contribution < -0.4 is 10.6 Å². The summed E-state index contributed by atoms with van der Waals surface area (Å²) >= 11 is 4.65. The van der Waals surface area contributed by atoms with E-state index in [0.29, 0.717) is 11.7 Å². The second-order valence-corrected chi connectivity index (χ2v) is 5.61.